The SMILES string of the molecule is CC(Oc1ccc(CNC(=O)c2cccnc2Oc2nsnc2Cc2ccccc2)c(F)c1)C(=O)O. The van der Waals surface area contributed by atoms with Gasteiger partial charge in [0.2, 0.25) is 5.88 Å². The lowest BCUT2D eigenvalue weighted by Gasteiger charge is -2.12. The van der Waals surface area contributed by atoms with Crippen molar-refractivity contribution < 1.29 is 28.6 Å². The number of amides is 1. The Bertz CT molecular complexity index is 1370. The smallest absolute Gasteiger partial charge is 0.344 e. The number of carboxylic acids is 1. The van der Waals surface area contributed by atoms with Gasteiger partial charge in [0, 0.05) is 30.8 Å². The van der Waals surface area contributed by atoms with Gasteiger partial charge in [-0.2, -0.15) is 4.37 Å². The van der Waals surface area contributed by atoms with Crippen molar-refractivity contribution in [3.8, 4) is 17.5 Å². The minimum Gasteiger partial charge on any atom is -0.479 e. The van der Waals surface area contributed by atoms with Crippen molar-refractivity contribution in [2.75, 3.05) is 0 Å². The van der Waals surface area contributed by atoms with E-state index in [1.807, 2.05) is 30.3 Å². The van der Waals surface area contributed by atoms with E-state index < -0.39 is 23.8 Å². The molecule has 11 heteroatoms. The zero-order valence-electron chi connectivity index (χ0n) is 19.1. The molecule has 2 heterocycles. The van der Waals surface area contributed by atoms with Crippen LogP contribution in [0.25, 0.3) is 0 Å². The standard InChI is InChI=1S/C25H21FN4O5S/c1-15(25(32)33)34-18-10-9-17(20(26)13-18)14-28-22(31)19-8-5-11-27-23(19)35-24-21(29-36-30-24)12-16-6-3-2-4-7-16/h2-11,13,15H,12,14H2,1H3,(H,28,31)(H,32,33). The number of ether oxygens (including phenoxy) is 2. The number of nitrogens with one attached hydrogen (secondary N) is 1. The summed E-state index contributed by atoms with van der Waals surface area (Å²) in [5.41, 5.74) is 1.99. The van der Waals surface area contributed by atoms with Crippen LogP contribution in [0.3, 0.4) is 0 Å². The second-order valence-corrected chi connectivity index (χ2v) is 8.20. The average molecular weight is 509 g/mol. The fourth-order valence-corrected chi connectivity index (χ4v) is 3.68. The molecule has 0 saturated heterocycles. The van der Waals surface area contributed by atoms with Gasteiger partial charge in [-0.05, 0) is 30.7 Å². The first-order valence-corrected chi connectivity index (χ1v) is 11.6. The van der Waals surface area contributed by atoms with Crippen molar-refractivity contribution in [3.63, 3.8) is 0 Å². The normalized spacial score (nSPS) is 11.5. The summed E-state index contributed by atoms with van der Waals surface area (Å²) in [5.74, 6) is -1.96. The molecule has 4 rings (SSSR count). The molecule has 0 spiro atoms. The average Bonchev–Trinajstić information content (AvgIpc) is 3.30. The Labute approximate surface area is 209 Å². The second kappa shape index (κ2) is 11.4. The van der Waals surface area contributed by atoms with Crippen LogP contribution in [0.1, 0.15) is 34.1 Å². The summed E-state index contributed by atoms with van der Waals surface area (Å²) in [6, 6.07) is 16.8. The monoisotopic (exact) mass is 508 g/mol. The molecule has 1 amide bonds. The van der Waals surface area contributed by atoms with Crippen LogP contribution in [0.4, 0.5) is 4.39 Å². The van der Waals surface area contributed by atoms with Crippen LogP contribution >= 0.6 is 11.7 Å². The van der Waals surface area contributed by atoms with Crippen LogP contribution in [0, 0.1) is 5.82 Å². The van der Waals surface area contributed by atoms with Crippen molar-refractivity contribution >= 4 is 23.6 Å². The number of hydrogen-bond acceptors (Lipinski definition) is 8. The Morgan fingerprint density at radius 1 is 1.08 bits per heavy atom. The number of hydrogen-bond donors (Lipinski definition) is 2. The lowest BCUT2D eigenvalue weighted by molar-refractivity contribution is -0.144. The van der Waals surface area contributed by atoms with Crippen molar-refractivity contribution in [1.82, 2.24) is 19.0 Å². The van der Waals surface area contributed by atoms with Crippen LogP contribution in [0.5, 0.6) is 17.5 Å². The van der Waals surface area contributed by atoms with Gasteiger partial charge in [0.1, 0.15) is 22.8 Å². The van der Waals surface area contributed by atoms with Crippen molar-refractivity contribution in [3.05, 3.63) is 95.1 Å². The van der Waals surface area contributed by atoms with E-state index in [9.17, 15) is 14.0 Å². The number of benzene rings is 2. The molecule has 184 valence electrons. The van der Waals surface area contributed by atoms with E-state index in [-0.39, 0.29) is 35.2 Å². The number of carbonyl (C=O) groups is 2. The number of aromatic nitrogens is 3. The Morgan fingerprint density at radius 2 is 1.89 bits per heavy atom. The van der Waals surface area contributed by atoms with Gasteiger partial charge in [0.15, 0.2) is 6.10 Å². The maximum Gasteiger partial charge on any atom is 0.344 e. The topological polar surface area (TPSA) is 124 Å². The Hall–Kier alpha value is -4.38. The largest absolute Gasteiger partial charge is 0.479 e. The minimum absolute atomic E-state index is 0.0453. The Balaban J connectivity index is 1.43. The summed E-state index contributed by atoms with van der Waals surface area (Å²) >= 11 is 0.996. The highest BCUT2D eigenvalue weighted by atomic mass is 32.1. The van der Waals surface area contributed by atoms with Crippen LogP contribution in [-0.4, -0.2) is 36.8 Å². The van der Waals surface area contributed by atoms with Crippen LogP contribution in [0.2, 0.25) is 0 Å². The number of pyridine rings is 1. The molecular weight excluding hydrogens is 487 g/mol. The summed E-state index contributed by atoms with van der Waals surface area (Å²) in [6.45, 7) is 1.22. The molecule has 0 fully saturated rings. The third-order valence-corrected chi connectivity index (χ3v) is 5.62. The molecule has 1 unspecified atom stereocenters. The van der Waals surface area contributed by atoms with E-state index in [4.69, 9.17) is 14.6 Å². The highest BCUT2D eigenvalue weighted by Gasteiger charge is 2.19. The van der Waals surface area contributed by atoms with E-state index >= 15 is 0 Å². The van der Waals surface area contributed by atoms with E-state index in [0.29, 0.717) is 12.1 Å². The van der Waals surface area contributed by atoms with Gasteiger partial charge >= 0.3 is 5.97 Å². The molecule has 0 aliphatic heterocycles. The number of rotatable bonds is 10. The molecule has 2 N–H and O–H groups in total. The fourth-order valence-electron chi connectivity index (χ4n) is 3.18. The van der Waals surface area contributed by atoms with Gasteiger partial charge in [-0.3, -0.25) is 4.79 Å². The van der Waals surface area contributed by atoms with Gasteiger partial charge in [-0.1, -0.05) is 36.4 Å². The predicted octanol–water partition coefficient (Wildman–Crippen LogP) is 4.24. The van der Waals surface area contributed by atoms with E-state index in [1.165, 1.54) is 31.3 Å². The summed E-state index contributed by atoms with van der Waals surface area (Å²) in [4.78, 5) is 27.9. The number of carboxylic acid groups (broad SMARTS) is 1. The van der Waals surface area contributed by atoms with Crippen molar-refractivity contribution in [1.29, 1.82) is 0 Å². The number of nitrogens with zero attached hydrogens (tertiary/aromatic N) is 3. The molecule has 1 atom stereocenters. The first-order chi connectivity index (χ1) is 17.4. The van der Waals surface area contributed by atoms with Crippen molar-refractivity contribution in [2.45, 2.75) is 26.0 Å². The summed E-state index contributed by atoms with van der Waals surface area (Å²) in [5, 5.41) is 11.6. The molecule has 0 aliphatic carbocycles. The summed E-state index contributed by atoms with van der Waals surface area (Å²) in [6.07, 6.45) is 0.866. The zero-order chi connectivity index (χ0) is 25.5. The lowest BCUT2D eigenvalue weighted by atomic mass is 10.1. The highest BCUT2D eigenvalue weighted by Crippen LogP contribution is 2.27. The van der Waals surface area contributed by atoms with Gasteiger partial charge in [0.05, 0.1) is 11.7 Å². The van der Waals surface area contributed by atoms with Crippen LogP contribution in [0.15, 0.2) is 66.9 Å². The maximum atomic E-state index is 14.5. The quantitative estimate of drug-likeness (QED) is 0.326. The first kappa shape index (κ1) is 24.7. The molecule has 0 aliphatic rings. The lowest BCUT2D eigenvalue weighted by Crippen LogP contribution is -2.24. The highest BCUT2D eigenvalue weighted by molar-refractivity contribution is 6.99. The summed E-state index contributed by atoms with van der Waals surface area (Å²) < 4.78 is 34.0. The Morgan fingerprint density at radius 3 is 2.64 bits per heavy atom. The fraction of sp³-hybridized carbons (Fsp3) is 0.160. The van der Waals surface area contributed by atoms with Crippen LogP contribution < -0.4 is 14.8 Å². The van der Waals surface area contributed by atoms with Gasteiger partial charge in [0.25, 0.3) is 11.8 Å². The van der Waals surface area contributed by atoms with Gasteiger partial charge in [-0.15, -0.1) is 4.37 Å². The molecule has 0 bridgehead atoms. The minimum atomic E-state index is -1.16. The van der Waals surface area contributed by atoms with Gasteiger partial charge < -0.3 is 19.9 Å². The third-order valence-electron chi connectivity index (χ3n) is 5.07. The summed E-state index contributed by atoms with van der Waals surface area (Å²) in [7, 11) is 0. The van der Waals surface area contributed by atoms with Crippen LogP contribution in [-0.2, 0) is 17.8 Å². The zero-order valence-corrected chi connectivity index (χ0v) is 19.9. The molecular formula is C25H21FN4O5S. The predicted molar refractivity (Wildman–Crippen MR) is 129 cm³/mol. The van der Waals surface area contributed by atoms with Crippen molar-refractivity contribution in [2.24, 2.45) is 0 Å². The van der Waals surface area contributed by atoms with Gasteiger partial charge in [-0.25, -0.2) is 14.2 Å². The first-order valence-electron chi connectivity index (χ1n) is 10.8. The van der Waals surface area contributed by atoms with E-state index in [2.05, 4.69) is 19.0 Å². The van der Waals surface area contributed by atoms with E-state index in [1.54, 1.807) is 6.07 Å². The number of carbonyl (C=O) groups excluding carboxylic acids is 1. The molecule has 36 heavy (non-hydrogen) atoms. The molecule has 9 nitrogen and oxygen atoms in total. The molecule has 0 radical (unpaired) electrons. The second-order valence-electron chi connectivity index (χ2n) is 7.67. The molecule has 4 aromatic rings. The molecule has 0 saturated carbocycles. The molecule has 2 aromatic carbocycles. The number of halogens is 1. The maximum absolute atomic E-state index is 14.5. The van der Waals surface area contributed by atoms with E-state index in [0.717, 1.165) is 23.4 Å². The third kappa shape index (κ3) is 6.19. The molecule has 2 aromatic heterocycles. The number of aliphatic carboxylic acids is 1. The Kier molecular flexibility index (Phi) is 7.81.